The quantitative estimate of drug-likeness (QED) is 0.786. The standard InChI is InChI=1S/C22H27ClN4O3/c1-15(28)26-10-8-21-20(14-26)22(16-4-6-17(23)7-5-16)24-27(21)13-19(30)12-25-9-2-3-18(29)11-25/h4-7,19,30H,2-3,8-14H2,1H3. The lowest BCUT2D eigenvalue weighted by molar-refractivity contribution is -0.129. The molecule has 1 atom stereocenters. The Morgan fingerprint density at radius 1 is 1.17 bits per heavy atom. The third kappa shape index (κ3) is 4.58. The SMILES string of the molecule is CC(=O)N1CCc2c(c(-c3ccc(Cl)cc3)nn2CC(O)CN2CCCC(=O)C2)C1. The lowest BCUT2D eigenvalue weighted by Crippen LogP contribution is -2.42. The van der Waals surface area contributed by atoms with Crippen LogP contribution in [0.5, 0.6) is 0 Å². The Morgan fingerprint density at radius 3 is 2.63 bits per heavy atom. The smallest absolute Gasteiger partial charge is 0.219 e. The van der Waals surface area contributed by atoms with Gasteiger partial charge in [-0.2, -0.15) is 5.10 Å². The molecule has 0 bridgehead atoms. The van der Waals surface area contributed by atoms with Crippen LogP contribution in [-0.2, 0) is 29.1 Å². The number of fused-ring (bicyclic) bond motifs is 1. The summed E-state index contributed by atoms with van der Waals surface area (Å²) in [5.74, 6) is 0.282. The number of hydrogen-bond acceptors (Lipinski definition) is 5. The number of rotatable bonds is 5. The van der Waals surface area contributed by atoms with E-state index in [2.05, 4.69) is 0 Å². The summed E-state index contributed by atoms with van der Waals surface area (Å²) in [5, 5.41) is 16.2. The van der Waals surface area contributed by atoms with Crippen LogP contribution in [0.4, 0.5) is 0 Å². The van der Waals surface area contributed by atoms with Crippen molar-refractivity contribution in [1.82, 2.24) is 19.6 Å². The zero-order chi connectivity index (χ0) is 21.3. The number of amides is 1. The number of ketones is 1. The predicted octanol–water partition coefficient (Wildman–Crippen LogP) is 2.13. The lowest BCUT2D eigenvalue weighted by Gasteiger charge is -2.29. The largest absolute Gasteiger partial charge is 0.390 e. The summed E-state index contributed by atoms with van der Waals surface area (Å²) in [6.07, 6.45) is 1.56. The van der Waals surface area contributed by atoms with Crippen LogP contribution in [0.3, 0.4) is 0 Å². The Labute approximate surface area is 181 Å². The molecule has 1 N–H and O–H groups in total. The highest BCUT2D eigenvalue weighted by Gasteiger charge is 2.28. The van der Waals surface area contributed by atoms with Gasteiger partial charge in [0.1, 0.15) is 5.78 Å². The fraction of sp³-hybridized carbons (Fsp3) is 0.500. The summed E-state index contributed by atoms with van der Waals surface area (Å²) < 4.78 is 1.88. The van der Waals surface area contributed by atoms with Crippen molar-refractivity contribution in [1.29, 1.82) is 0 Å². The number of aliphatic hydroxyl groups excluding tert-OH is 1. The molecule has 2 aliphatic heterocycles. The number of likely N-dealkylation sites (tertiary alicyclic amines) is 1. The van der Waals surface area contributed by atoms with E-state index in [0.717, 1.165) is 35.5 Å². The van der Waals surface area contributed by atoms with Gasteiger partial charge in [-0.15, -0.1) is 0 Å². The number of nitrogens with zero attached hydrogens (tertiary/aromatic N) is 4. The summed E-state index contributed by atoms with van der Waals surface area (Å²) in [7, 11) is 0. The molecule has 1 aromatic carbocycles. The zero-order valence-corrected chi connectivity index (χ0v) is 17.9. The van der Waals surface area contributed by atoms with Gasteiger partial charge in [0, 0.05) is 61.2 Å². The van der Waals surface area contributed by atoms with Gasteiger partial charge in [0.25, 0.3) is 0 Å². The van der Waals surface area contributed by atoms with Gasteiger partial charge in [0.05, 0.1) is 24.9 Å². The maximum absolute atomic E-state index is 11.9. The van der Waals surface area contributed by atoms with Crippen molar-refractivity contribution in [3.8, 4) is 11.3 Å². The fourth-order valence-electron chi connectivity index (χ4n) is 4.37. The predicted molar refractivity (Wildman–Crippen MR) is 114 cm³/mol. The van der Waals surface area contributed by atoms with Crippen molar-refractivity contribution < 1.29 is 14.7 Å². The number of piperidine rings is 1. The van der Waals surface area contributed by atoms with Gasteiger partial charge in [0.15, 0.2) is 0 Å². The first kappa shape index (κ1) is 21.0. The van der Waals surface area contributed by atoms with E-state index >= 15 is 0 Å². The molecule has 0 spiro atoms. The highest BCUT2D eigenvalue weighted by Crippen LogP contribution is 2.31. The molecule has 1 aromatic heterocycles. The molecule has 0 saturated carbocycles. The van der Waals surface area contributed by atoms with Gasteiger partial charge in [-0.25, -0.2) is 0 Å². The Kier molecular flexibility index (Phi) is 6.22. The van der Waals surface area contributed by atoms with Crippen LogP contribution < -0.4 is 0 Å². The number of halogens is 1. The first-order valence-corrected chi connectivity index (χ1v) is 10.8. The van der Waals surface area contributed by atoms with E-state index in [1.165, 1.54) is 0 Å². The van der Waals surface area contributed by atoms with Crippen molar-refractivity contribution in [2.24, 2.45) is 0 Å². The van der Waals surface area contributed by atoms with Crippen LogP contribution in [-0.4, -0.2) is 68.7 Å². The summed E-state index contributed by atoms with van der Waals surface area (Å²) in [5.41, 5.74) is 3.86. The summed E-state index contributed by atoms with van der Waals surface area (Å²) in [6.45, 7) is 4.81. The van der Waals surface area contributed by atoms with E-state index in [-0.39, 0.29) is 11.7 Å². The number of Topliss-reactive ketones (excluding diaryl/α,β-unsaturated/α-hetero) is 1. The molecule has 1 unspecified atom stereocenters. The molecule has 0 aliphatic carbocycles. The topological polar surface area (TPSA) is 78.7 Å². The van der Waals surface area contributed by atoms with E-state index in [1.807, 2.05) is 38.7 Å². The second kappa shape index (κ2) is 8.88. The van der Waals surface area contributed by atoms with Crippen LogP contribution in [0.2, 0.25) is 5.02 Å². The molecule has 2 aliphatic rings. The van der Waals surface area contributed by atoms with E-state index in [0.29, 0.717) is 50.6 Å². The van der Waals surface area contributed by atoms with Crippen molar-refractivity contribution in [2.45, 2.75) is 45.4 Å². The second-order valence-corrected chi connectivity index (χ2v) is 8.62. The molecule has 2 aromatic rings. The Hall–Kier alpha value is -2.22. The normalized spacial score (nSPS) is 18.4. The number of aromatic nitrogens is 2. The number of benzene rings is 1. The summed E-state index contributed by atoms with van der Waals surface area (Å²) in [6, 6.07) is 7.52. The van der Waals surface area contributed by atoms with Crippen LogP contribution in [0, 0.1) is 0 Å². The molecule has 1 fully saturated rings. The number of hydrogen-bond donors (Lipinski definition) is 1. The molecule has 160 valence electrons. The fourth-order valence-corrected chi connectivity index (χ4v) is 4.49. The van der Waals surface area contributed by atoms with Crippen molar-refractivity contribution >= 4 is 23.3 Å². The Bertz CT molecular complexity index is 941. The highest BCUT2D eigenvalue weighted by molar-refractivity contribution is 6.30. The molecule has 8 heteroatoms. The van der Waals surface area contributed by atoms with Gasteiger partial charge in [-0.3, -0.25) is 19.2 Å². The van der Waals surface area contributed by atoms with Crippen molar-refractivity contribution in [3.05, 3.63) is 40.5 Å². The first-order chi connectivity index (χ1) is 14.4. The molecule has 7 nitrogen and oxygen atoms in total. The number of β-amino-alcohol motifs (C(OH)–C–C–N with tert-alkyl or cyclic N) is 1. The molecular weight excluding hydrogens is 404 g/mol. The maximum Gasteiger partial charge on any atom is 0.219 e. The minimum absolute atomic E-state index is 0.0465. The number of aliphatic hydroxyl groups is 1. The minimum Gasteiger partial charge on any atom is -0.390 e. The second-order valence-electron chi connectivity index (χ2n) is 8.18. The average Bonchev–Trinajstić information content (AvgIpc) is 3.06. The molecule has 1 saturated heterocycles. The van der Waals surface area contributed by atoms with Gasteiger partial charge in [0.2, 0.25) is 5.91 Å². The lowest BCUT2D eigenvalue weighted by atomic mass is 10.0. The van der Waals surface area contributed by atoms with E-state index in [1.54, 1.807) is 6.92 Å². The Balaban J connectivity index is 1.58. The average molecular weight is 431 g/mol. The van der Waals surface area contributed by atoms with Crippen LogP contribution >= 0.6 is 11.6 Å². The third-order valence-electron chi connectivity index (χ3n) is 5.88. The summed E-state index contributed by atoms with van der Waals surface area (Å²) >= 11 is 6.04. The van der Waals surface area contributed by atoms with Crippen molar-refractivity contribution in [2.75, 3.05) is 26.2 Å². The monoisotopic (exact) mass is 430 g/mol. The minimum atomic E-state index is -0.621. The van der Waals surface area contributed by atoms with Gasteiger partial charge in [-0.05, 0) is 25.1 Å². The number of carbonyl (C=O) groups is 2. The molecule has 0 radical (unpaired) electrons. The van der Waals surface area contributed by atoms with Crippen molar-refractivity contribution in [3.63, 3.8) is 0 Å². The molecule has 4 rings (SSSR count). The van der Waals surface area contributed by atoms with E-state index in [4.69, 9.17) is 16.7 Å². The van der Waals surface area contributed by atoms with Crippen LogP contribution in [0.1, 0.15) is 31.0 Å². The van der Waals surface area contributed by atoms with E-state index < -0.39 is 6.10 Å². The molecule has 3 heterocycles. The van der Waals surface area contributed by atoms with Crippen LogP contribution in [0.15, 0.2) is 24.3 Å². The van der Waals surface area contributed by atoms with Gasteiger partial charge in [-0.1, -0.05) is 23.7 Å². The summed E-state index contributed by atoms with van der Waals surface area (Å²) in [4.78, 5) is 27.5. The van der Waals surface area contributed by atoms with Crippen LogP contribution in [0.25, 0.3) is 11.3 Å². The number of carbonyl (C=O) groups excluding carboxylic acids is 2. The zero-order valence-electron chi connectivity index (χ0n) is 17.2. The molecule has 30 heavy (non-hydrogen) atoms. The first-order valence-electron chi connectivity index (χ1n) is 10.4. The van der Waals surface area contributed by atoms with Gasteiger partial charge < -0.3 is 10.0 Å². The third-order valence-corrected chi connectivity index (χ3v) is 6.13. The molecular formula is C22H27ClN4O3. The molecule has 1 amide bonds. The highest BCUT2D eigenvalue weighted by atomic mass is 35.5. The van der Waals surface area contributed by atoms with E-state index in [9.17, 15) is 14.7 Å². The maximum atomic E-state index is 11.9. The Morgan fingerprint density at radius 2 is 1.93 bits per heavy atom. The van der Waals surface area contributed by atoms with Gasteiger partial charge >= 0.3 is 0 Å².